The molecule has 0 spiro atoms. The van der Waals surface area contributed by atoms with Crippen LogP contribution in [-0.2, 0) is 25.7 Å². The van der Waals surface area contributed by atoms with Crippen molar-refractivity contribution in [2.75, 3.05) is 6.61 Å². The third kappa shape index (κ3) is 8.30. The number of rotatable bonds is 11. The Morgan fingerprint density at radius 1 is 0.857 bits per heavy atom. The van der Waals surface area contributed by atoms with Gasteiger partial charge in [0.05, 0.1) is 12.5 Å². The number of nitrogens with one attached hydrogen (secondary N) is 1. The lowest BCUT2D eigenvalue weighted by molar-refractivity contribution is -0.141. The molecule has 2 aromatic carbocycles. The molecule has 4 aromatic rings. The predicted octanol–water partition coefficient (Wildman–Crippen LogP) is 6.12. The summed E-state index contributed by atoms with van der Waals surface area (Å²) in [5, 5.41) is 12.5. The van der Waals surface area contributed by atoms with E-state index in [1.807, 2.05) is 93.6 Å². The third-order valence-electron chi connectivity index (χ3n) is 6.91. The molecule has 42 heavy (non-hydrogen) atoms. The van der Waals surface area contributed by atoms with Gasteiger partial charge in [0.1, 0.15) is 19.3 Å². The van der Waals surface area contributed by atoms with Crippen LogP contribution in [0.4, 0.5) is 4.79 Å². The number of carbonyl (C=O) groups excluding carboxylic acids is 2. The number of aliphatic carboxylic acids is 1. The quantitative estimate of drug-likeness (QED) is 0.209. The second-order valence-corrected chi connectivity index (χ2v) is 11.0. The van der Waals surface area contributed by atoms with Crippen LogP contribution in [0.25, 0.3) is 22.3 Å². The first-order chi connectivity index (χ1) is 20.1. The minimum atomic E-state index is -1.11. The molecule has 1 amide bonds. The summed E-state index contributed by atoms with van der Waals surface area (Å²) in [5.74, 6) is -1.60. The van der Waals surface area contributed by atoms with Crippen molar-refractivity contribution in [3.05, 3.63) is 103 Å². The Morgan fingerprint density at radius 3 is 2.10 bits per heavy atom. The highest BCUT2D eigenvalue weighted by Crippen LogP contribution is 2.27. The molecule has 0 unspecified atom stereocenters. The SMILES string of the molecule is CC(C)(C)[C@H](COC(=O)OCc1ccccc1)NC(=O)[C@@H](CC(=O)O)n1ccc(-c2ccc(-c3ccncc3)cc2)c1. The smallest absolute Gasteiger partial charge is 0.481 e. The lowest BCUT2D eigenvalue weighted by Crippen LogP contribution is -2.49. The van der Waals surface area contributed by atoms with E-state index in [4.69, 9.17) is 9.47 Å². The van der Waals surface area contributed by atoms with Gasteiger partial charge in [-0.3, -0.25) is 14.6 Å². The molecular formula is C33H35N3O6. The number of pyridine rings is 1. The van der Waals surface area contributed by atoms with Crippen molar-refractivity contribution in [1.82, 2.24) is 14.9 Å². The first kappa shape index (κ1) is 30.0. The van der Waals surface area contributed by atoms with Crippen molar-refractivity contribution < 1.29 is 29.0 Å². The van der Waals surface area contributed by atoms with Gasteiger partial charge in [-0.2, -0.15) is 0 Å². The number of carboxylic acid groups (broad SMARTS) is 1. The highest BCUT2D eigenvalue weighted by molar-refractivity contribution is 5.85. The molecule has 9 nitrogen and oxygen atoms in total. The molecule has 4 rings (SSSR count). The Morgan fingerprint density at radius 2 is 1.48 bits per heavy atom. The van der Waals surface area contributed by atoms with E-state index in [-0.39, 0.29) is 13.2 Å². The van der Waals surface area contributed by atoms with Gasteiger partial charge in [-0.05, 0) is 51.4 Å². The molecule has 9 heteroatoms. The summed E-state index contributed by atoms with van der Waals surface area (Å²) in [6.07, 6.45) is 5.67. The maximum atomic E-state index is 13.5. The lowest BCUT2D eigenvalue weighted by Gasteiger charge is -2.32. The lowest BCUT2D eigenvalue weighted by atomic mass is 9.87. The Labute approximate surface area is 245 Å². The van der Waals surface area contributed by atoms with E-state index in [0.29, 0.717) is 0 Å². The largest absolute Gasteiger partial charge is 0.508 e. The van der Waals surface area contributed by atoms with Crippen LogP contribution in [0, 0.1) is 5.41 Å². The molecule has 0 aliphatic rings. The van der Waals surface area contributed by atoms with E-state index in [0.717, 1.165) is 27.8 Å². The number of ether oxygens (including phenoxy) is 2. The van der Waals surface area contributed by atoms with E-state index >= 15 is 0 Å². The van der Waals surface area contributed by atoms with Gasteiger partial charge in [0.2, 0.25) is 5.91 Å². The first-order valence-electron chi connectivity index (χ1n) is 13.6. The van der Waals surface area contributed by atoms with Crippen molar-refractivity contribution in [3.63, 3.8) is 0 Å². The molecular weight excluding hydrogens is 534 g/mol. The van der Waals surface area contributed by atoms with Gasteiger partial charge in [-0.25, -0.2) is 4.79 Å². The highest BCUT2D eigenvalue weighted by Gasteiger charge is 2.32. The summed E-state index contributed by atoms with van der Waals surface area (Å²) in [4.78, 5) is 41.5. The molecule has 0 bridgehead atoms. The number of amides is 1. The Bertz CT molecular complexity index is 1480. The van der Waals surface area contributed by atoms with Crippen LogP contribution in [-0.4, -0.2) is 45.3 Å². The highest BCUT2D eigenvalue weighted by atomic mass is 16.7. The summed E-state index contributed by atoms with van der Waals surface area (Å²) in [5.41, 5.74) is 4.19. The number of aromatic nitrogens is 2. The summed E-state index contributed by atoms with van der Waals surface area (Å²) in [6, 6.07) is 21.3. The van der Waals surface area contributed by atoms with Crippen LogP contribution in [0.1, 0.15) is 38.8 Å². The molecule has 218 valence electrons. The number of carboxylic acids is 1. The Hall–Kier alpha value is -4.92. The Balaban J connectivity index is 1.43. The van der Waals surface area contributed by atoms with Crippen molar-refractivity contribution >= 4 is 18.0 Å². The fourth-order valence-electron chi connectivity index (χ4n) is 4.36. The number of hydrogen-bond acceptors (Lipinski definition) is 6. The molecule has 2 atom stereocenters. The van der Waals surface area contributed by atoms with Gasteiger partial charge in [0.15, 0.2) is 0 Å². The molecule has 2 heterocycles. The molecule has 0 fully saturated rings. The zero-order chi connectivity index (χ0) is 30.1. The van der Waals surface area contributed by atoms with Gasteiger partial charge in [-0.1, -0.05) is 75.4 Å². The average molecular weight is 570 g/mol. The standard InChI is InChI=1S/C33H35N3O6/c1-33(2,3)29(22-42-32(40)41-21-23-7-5-4-6-8-23)35-31(39)28(19-30(37)38)36-18-15-27(20-36)25-11-9-24(10-12-25)26-13-16-34-17-14-26/h4-18,20,28-29H,19,21-22H2,1-3H3,(H,35,39)(H,37,38)/t28-,29+/m1/s1. The maximum Gasteiger partial charge on any atom is 0.508 e. The van der Waals surface area contributed by atoms with Crippen LogP contribution in [0.5, 0.6) is 0 Å². The minimum Gasteiger partial charge on any atom is -0.481 e. The predicted molar refractivity (Wildman–Crippen MR) is 158 cm³/mol. The van der Waals surface area contributed by atoms with Crippen LogP contribution < -0.4 is 5.32 Å². The number of hydrogen-bond donors (Lipinski definition) is 2. The minimum absolute atomic E-state index is 0.0648. The van der Waals surface area contributed by atoms with Crippen molar-refractivity contribution in [2.45, 2.75) is 45.9 Å². The van der Waals surface area contributed by atoms with Crippen molar-refractivity contribution in [1.29, 1.82) is 0 Å². The van der Waals surface area contributed by atoms with E-state index in [1.165, 1.54) is 0 Å². The summed E-state index contributed by atoms with van der Waals surface area (Å²) in [6.45, 7) is 5.61. The normalized spacial score (nSPS) is 12.6. The van der Waals surface area contributed by atoms with Gasteiger partial charge >= 0.3 is 12.1 Å². The third-order valence-corrected chi connectivity index (χ3v) is 6.91. The number of benzene rings is 2. The zero-order valence-electron chi connectivity index (χ0n) is 23.9. The van der Waals surface area contributed by atoms with Crippen LogP contribution in [0.15, 0.2) is 97.6 Å². The molecule has 0 radical (unpaired) electrons. The van der Waals surface area contributed by atoms with Crippen LogP contribution in [0.3, 0.4) is 0 Å². The molecule has 2 aromatic heterocycles. The van der Waals surface area contributed by atoms with E-state index in [2.05, 4.69) is 10.3 Å². The van der Waals surface area contributed by atoms with E-state index in [9.17, 15) is 19.5 Å². The molecule has 2 N–H and O–H groups in total. The Kier molecular flexibility index (Phi) is 9.75. The summed E-state index contributed by atoms with van der Waals surface area (Å²) >= 11 is 0. The van der Waals surface area contributed by atoms with E-state index in [1.54, 1.807) is 29.4 Å². The number of carbonyl (C=O) groups is 3. The van der Waals surface area contributed by atoms with Crippen LogP contribution in [0.2, 0.25) is 0 Å². The van der Waals surface area contributed by atoms with Gasteiger partial charge in [-0.15, -0.1) is 0 Å². The van der Waals surface area contributed by atoms with Crippen molar-refractivity contribution in [3.8, 4) is 22.3 Å². The molecule has 0 aliphatic carbocycles. The fraction of sp³-hybridized carbons (Fsp3) is 0.273. The van der Waals surface area contributed by atoms with Crippen molar-refractivity contribution in [2.24, 2.45) is 5.41 Å². The monoisotopic (exact) mass is 569 g/mol. The summed E-state index contributed by atoms with van der Waals surface area (Å²) < 4.78 is 12.1. The average Bonchev–Trinajstić information content (AvgIpc) is 3.47. The van der Waals surface area contributed by atoms with Gasteiger partial charge in [0.25, 0.3) is 0 Å². The topological polar surface area (TPSA) is 120 Å². The summed E-state index contributed by atoms with van der Waals surface area (Å²) in [7, 11) is 0. The fourth-order valence-corrected chi connectivity index (χ4v) is 4.36. The van der Waals surface area contributed by atoms with E-state index < -0.39 is 42.0 Å². The van der Waals surface area contributed by atoms with Crippen LogP contribution >= 0.6 is 0 Å². The number of nitrogens with zero attached hydrogens (tertiary/aromatic N) is 2. The molecule has 0 aliphatic heterocycles. The zero-order valence-corrected chi connectivity index (χ0v) is 23.9. The first-order valence-corrected chi connectivity index (χ1v) is 13.6. The molecule has 0 saturated carbocycles. The maximum absolute atomic E-state index is 13.5. The van der Waals surface area contributed by atoms with Gasteiger partial charge < -0.3 is 24.5 Å². The second kappa shape index (κ2) is 13.6. The van der Waals surface area contributed by atoms with Gasteiger partial charge in [0, 0.05) is 24.8 Å². The molecule has 0 saturated heterocycles. The second-order valence-electron chi connectivity index (χ2n) is 11.0.